The van der Waals surface area contributed by atoms with Gasteiger partial charge in [-0.1, -0.05) is 0 Å². The van der Waals surface area contributed by atoms with Gasteiger partial charge in [0.05, 0.1) is 5.56 Å². The van der Waals surface area contributed by atoms with Crippen LogP contribution in [0.3, 0.4) is 0 Å². The van der Waals surface area contributed by atoms with Gasteiger partial charge in [-0.2, -0.15) is 13.2 Å². The van der Waals surface area contributed by atoms with Crippen LogP contribution in [0, 0.1) is 11.8 Å². The van der Waals surface area contributed by atoms with Crippen molar-refractivity contribution in [2.75, 3.05) is 31.1 Å². The molecule has 0 aliphatic carbocycles. The molecule has 0 N–H and O–H groups in total. The van der Waals surface area contributed by atoms with E-state index in [-0.39, 0.29) is 12.0 Å². The zero-order chi connectivity index (χ0) is 19.1. The van der Waals surface area contributed by atoms with E-state index in [9.17, 15) is 18.0 Å². The van der Waals surface area contributed by atoms with Crippen LogP contribution in [0.15, 0.2) is 18.3 Å². The maximum Gasteiger partial charge on any atom is 0.416 e. The molecule has 2 aliphatic rings. The molecule has 3 heterocycles. The first-order valence-corrected chi connectivity index (χ1v) is 8.79. The lowest BCUT2D eigenvalue weighted by Crippen LogP contribution is -2.45. The zero-order valence-electron chi connectivity index (χ0n) is 15.2. The number of carbonyl (C=O) groups excluding carboxylic acids is 1. The highest BCUT2D eigenvalue weighted by Crippen LogP contribution is 2.36. The third-order valence-corrected chi connectivity index (χ3v) is 4.85. The summed E-state index contributed by atoms with van der Waals surface area (Å²) in [5, 5.41) is 0. The van der Waals surface area contributed by atoms with Gasteiger partial charge >= 0.3 is 12.3 Å². The van der Waals surface area contributed by atoms with Gasteiger partial charge in [0.1, 0.15) is 11.4 Å². The van der Waals surface area contributed by atoms with Gasteiger partial charge in [-0.3, -0.25) is 0 Å². The molecule has 144 valence electrons. The average Bonchev–Trinajstić information content (AvgIpc) is 2.95. The summed E-state index contributed by atoms with van der Waals surface area (Å²) in [5.41, 5.74) is -1.23. The summed E-state index contributed by atoms with van der Waals surface area (Å²) in [7, 11) is 0. The fraction of sp³-hybridized carbons (Fsp3) is 0.667. The van der Waals surface area contributed by atoms with E-state index in [4.69, 9.17) is 4.74 Å². The van der Waals surface area contributed by atoms with Crippen LogP contribution in [-0.4, -0.2) is 47.8 Å². The molecule has 1 aromatic heterocycles. The fourth-order valence-corrected chi connectivity index (χ4v) is 3.62. The van der Waals surface area contributed by atoms with Crippen molar-refractivity contribution in [3.63, 3.8) is 0 Å². The number of aromatic nitrogens is 1. The van der Waals surface area contributed by atoms with Crippen molar-refractivity contribution in [2.45, 2.75) is 39.0 Å². The molecule has 26 heavy (non-hydrogen) atoms. The van der Waals surface area contributed by atoms with E-state index < -0.39 is 17.3 Å². The van der Waals surface area contributed by atoms with E-state index in [1.807, 2.05) is 25.7 Å². The molecule has 2 aliphatic heterocycles. The molecule has 0 bridgehead atoms. The normalized spacial score (nSPS) is 23.8. The van der Waals surface area contributed by atoms with E-state index in [2.05, 4.69) is 4.98 Å². The molecule has 0 saturated carbocycles. The molecule has 0 aromatic carbocycles. The molecule has 8 heteroatoms. The number of fused-ring (bicyclic) bond motifs is 1. The number of nitrogens with zero attached hydrogens (tertiary/aromatic N) is 3. The maximum atomic E-state index is 12.9. The summed E-state index contributed by atoms with van der Waals surface area (Å²) in [6.07, 6.45) is -2.68. The number of alkyl halides is 3. The quantitative estimate of drug-likeness (QED) is 0.753. The number of pyridine rings is 1. The molecule has 2 unspecified atom stereocenters. The largest absolute Gasteiger partial charge is 0.444 e. The van der Waals surface area contributed by atoms with Gasteiger partial charge in [0.15, 0.2) is 0 Å². The lowest BCUT2D eigenvalue weighted by Gasteiger charge is -2.35. The molecule has 0 spiro atoms. The van der Waals surface area contributed by atoms with Gasteiger partial charge < -0.3 is 14.5 Å². The molecule has 1 aromatic rings. The van der Waals surface area contributed by atoms with Crippen LogP contribution in [0.1, 0.15) is 32.8 Å². The van der Waals surface area contributed by atoms with Crippen molar-refractivity contribution in [1.29, 1.82) is 0 Å². The smallest absolute Gasteiger partial charge is 0.416 e. The first kappa shape index (κ1) is 18.8. The summed E-state index contributed by atoms with van der Waals surface area (Å²) in [6, 6.07) is 2.08. The average molecular weight is 371 g/mol. The number of ether oxygens (including phenoxy) is 1. The number of hydrogen-bond acceptors (Lipinski definition) is 4. The first-order chi connectivity index (χ1) is 12.0. The molecule has 2 saturated heterocycles. The van der Waals surface area contributed by atoms with Crippen LogP contribution < -0.4 is 4.90 Å². The molecule has 0 radical (unpaired) electrons. The number of hydrogen-bond donors (Lipinski definition) is 0. The van der Waals surface area contributed by atoms with Crippen LogP contribution in [0.4, 0.5) is 23.8 Å². The van der Waals surface area contributed by atoms with Crippen LogP contribution in [0.5, 0.6) is 0 Å². The highest BCUT2D eigenvalue weighted by Gasteiger charge is 2.40. The number of rotatable bonds is 1. The van der Waals surface area contributed by atoms with Crippen LogP contribution in [-0.2, 0) is 10.9 Å². The topological polar surface area (TPSA) is 45.7 Å². The third kappa shape index (κ3) is 4.22. The van der Waals surface area contributed by atoms with Gasteiger partial charge in [0.25, 0.3) is 0 Å². The Balaban J connectivity index is 1.66. The summed E-state index contributed by atoms with van der Waals surface area (Å²) in [5.74, 6) is 0.913. The second-order valence-corrected chi connectivity index (χ2v) is 8.04. The zero-order valence-corrected chi connectivity index (χ0v) is 15.2. The minimum Gasteiger partial charge on any atom is -0.444 e. The molecular formula is C18H24F3N3O2. The lowest BCUT2D eigenvalue weighted by atomic mass is 9.89. The van der Waals surface area contributed by atoms with Crippen LogP contribution >= 0.6 is 0 Å². The van der Waals surface area contributed by atoms with Crippen molar-refractivity contribution in [2.24, 2.45) is 11.8 Å². The monoisotopic (exact) mass is 371 g/mol. The van der Waals surface area contributed by atoms with Crippen molar-refractivity contribution in [1.82, 2.24) is 9.88 Å². The number of piperidine rings is 1. The van der Waals surface area contributed by atoms with E-state index >= 15 is 0 Å². The molecular weight excluding hydrogens is 347 g/mol. The summed E-state index contributed by atoms with van der Waals surface area (Å²) in [4.78, 5) is 20.0. The fourth-order valence-electron chi connectivity index (χ4n) is 3.62. The standard InChI is InChI=1S/C18H24F3N3O2/c1-17(2,3)26-16(25)23-7-5-12-9-24(11-13(12)10-23)15-8-14(4-6-22-15)18(19,20)21/h4,6,8,12-13H,5,7,9-11H2,1-3H3. The molecule has 2 atom stereocenters. The summed E-state index contributed by atoms with van der Waals surface area (Å²) >= 11 is 0. The Hall–Kier alpha value is -1.99. The summed E-state index contributed by atoms with van der Waals surface area (Å²) < 4.78 is 44.2. The first-order valence-electron chi connectivity index (χ1n) is 8.79. The van der Waals surface area contributed by atoms with Crippen molar-refractivity contribution in [3.8, 4) is 0 Å². The predicted molar refractivity (Wildman–Crippen MR) is 90.9 cm³/mol. The lowest BCUT2D eigenvalue weighted by molar-refractivity contribution is -0.137. The highest BCUT2D eigenvalue weighted by molar-refractivity contribution is 5.68. The van der Waals surface area contributed by atoms with Gasteiger partial charge in [-0.25, -0.2) is 9.78 Å². The number of anilines is 1. The van der Waals surface area contributed by atoms with E-state index in [1.165, 1.54) is 6.20 Å². The minimum absolute atomic E-state index is 0.215. The molecule has 5 nitrogen and oxygen atoms in total. The van der Waals surface area contributed by atoms with Gasteiger partial charge in [0.2, 0.25) is 0 Å². The van der Waals surface area contributed by atoms with Gasteiger partial charge in [-0.05, 0) is 51.2 Å². The number of halogens is 3. The number of carbonyl (C=O) groups is 1. The SMILES string of the molecule is CC(C)(C)OC(=O)N1CCC2CN(c3cc(C(F)(F)F)ccn3)CC2C1. The third-order valence-electron chi connectivity index (χ3n) is 4.85. The van der Waals surface area contributed by atoms with E-state index in [0.29, 0.717) is 37.9 Å². The number of likely N-dealkylation sites (tertiary alicyclic amines) is 1. The van der Waals surface area contributed by atoms with E-state index in [1.54, 1.807) is 4.90 Å². The van der Waals surface area contributed by atoms with Crippen molar-refractivity contribution < 1.29 is 22.7 Å². The van der Waals surface area contributed by atoms with E-state index in [0.717, 1.165) is 18.6 Å². The van der Waals surface area contributed by atoms with Crippen molar-refractivity contribution in [3.05, 3.63) is 23.9 Å². The number of amides is 1. The Morgan fingerprint density at radius 3 is 2.54 bits per heavy atom. The molecule has 3 rings (SSSR count). The minimum atomic E-state index is -4.38. The Morgan fingerprint density at radius 1 is 1.19 bits per heavy atom. The second-order valence-electron chi connectivity index (χ2n) is 8.04. The van der Waals surface area contributed by atoms with Gasteiger partial charge in [-0.15, -0.1) is 0 Å². The Morgan fingerprint density at radius 2 is 1.88 bits per heavy atom. The second kappa shape index (κ2) is 6.63. The Bertz CT molecular complexity index is 672. The highest BCUT2D eigenvalue weighted by atomic mass is 19.4. The Kier molecular flexibility index (Phi) is 4.79. The summed E-state index contributed by atoms with van der Waals surface area (Å²) in [6.45, 7) is 7.92. The van der Waals surface area contributed by atoms with Crippen LogP contribution in [0.25, 0.3) is 0 Å². The predicted octanol–water partition coefficient (Wildman–Crippen LogP) is 3.79. The molecule has 2 fully saturated rings. The maximum absolute atomic E-state index is 12.9. The Labute approximate surface area is 151 Å². The van der Waals surface area contributed by atoms with Crippen molar-refractivity contribution >= 4 is 11.9 Å². The van der Waals surface area contributed by atoms with Crippen LogP contribution in [0.2, 0.25) is 0 Å². The molecule has 1 amide bonds. The van der Waals surface area contributed by atoms with Gasteiger partial charge in [0, 0.05) is 32.4 Å².